The van der Waals surface area contributed by atoms with Crippen LogP contribution >= 0.6 is 0 Å². The summed E-state index contributed by atoms with van der Waals surface area (Å²) in [6.07, 6.45) is 10.2. The molecule has 4 heteroatoms. The lowest BCUT2D eigenvalue weighted by molar-refractivity contribution is 0.697. The van der Waals surface area contributed by atoms with Crippen molar-refractivity contribution in [1.29, 1.82) is 0 Å². The van der Waals surface area contributed by atoms with Gasteiger partial charge in [-0.3, -0.25) is 5.43 Å². The van der Waals surface area contributed by atoms with Gasteiger partial charge in [-0.15, -0.1) is 5.10 Å². The van der Waals surface area contributed by atoms with E-state index in [0.717, 1.165) is 29.4 Å². The molecular formula is C15H18N4. The number of benzene rings is 1. The highest BCUT2D eigenvalue weighted by atomic mass is 15.4. The maximum atomic E-state index is 4.16. The highest BCUT2D eigenvalue weighted by Gasteiger charge is 2.05. The van der Waals surface area contributed by atoms with Crippen molar-refractivity contribution >= 4 is 16.6 Å². The fraction of sp³-hybridized carbons (Fsp3) is 0.333. The van der Waals surface area contributed by atoms with E-state index in [4.69, 9.17) is 0 Å². The van der Waals surface area contributed by atoms with E-state index in [0.29, 0.717) is 0 Å². The van der Waals surface area contributed by atoms with Gasteiger partial charge in [0, 0.05) is 16.5 Å². The number of nitrogens with one attached hydrogen (secondary N) is 2. The van der Waals surface area contributed by atoms with Crippen LogP contribution in [-0.4, -0.2) is 10.2 Å². The Bertz CT molecular complexity index is 586. The van der Waals surface area contributed by atoms with Gasteiger partial charge in [0.15, 0.2) is 5.82 Å². The molecular weight excluding hydrogens is 236 g/mol. The number of rotatable bonds is 3. The topological polar surface area (TPSA) is 49.8 Å². The number of hydrogen-bond acceptors (Lipinski definition) is 4. The van der Waals surface area contributed by atoms with Crippen LogP contribution in [-0.2, 0) is 0 Å². The van der Waals surface area contributed by atoms with Crippen LogP contribution in [0, 0.1) is 0 Å². The lowest BCUT2D eigenvalue weighted by Gasteiger charge is -2.12. The maximum Gasteiger partial charge on any atom is 0.174 e. The van der Waals surface area contributed by atoms with Gasteiger partial charge in [-0.25, -0.2) is 0 Å². The fourth-order valence-electron chi connectivity index (χ4n) is 2.39. The largest absolute Gasteiger partial charge is 0.304 e. The molecule has 0 fully saturated rings. The number of allylic oxidation sites excluding steroid dienone is 2. The molecule has 1 heterocycles. The number of aromatic nitrogens is 2. The van der Waals surface area contributed by atoms with Gasteiger partial charge in [0.2, 0.25) is 0 Å². The second-order valence-corrected chi connectivity index (χ2v) is 4.86. The Morgan fingerprint density at radius 3 is 2.95 bits per heavy atom. The molecule has 2 aromatic rings. The van der Waals surface area contributed by atoms with Crippen molar-refractivity contribution in [2.45, 2.75) is 32.1 Å². The monoisotopic (exact) mass is 254 g/mol. The zero-order chi connectivity index (χ0) is 12.9. The van der Waals surface area contributed by atoms with Gasteiger partial charge in [0.1, 0.15) is 0 Å². The maximum absolute atomic E-state index is 4.16. The molecule has 4 nitrogen and oxygen atoms in total. The van der Waals surface area contributed by atoms with E-state index in [1.807, 2.05) is 18.2 Å². The molecule has 0 spiro atoms. The molecule has 1 aliphatic rings. The fourth-order valence-corrected chi connectivity index (χ4v) is 2.39. The summed E-state index contributed by atoms with van der Waals surface area (Å²) in [6, 6.07) is 8.12. The molecule has 1 aromatic heterocycles. The number of hydrogen-bond donors (Lipinski definition) is 2. The van der Waals surface area contributed by atoms with Crippen molar-refractivity contribution in [2.75, 3.05) is 5.43 Å². The molecule has 0 bridgehead atoms. The average Bonchev–Trinajstić information content (AvgIpc) is 2.74. The van der Waals surface area contributed by atoms with Crippen LogP contribution in [0.1, 0.15) is 32.1 Å². The quantitative estimate of drug-likeness (QED) is 0.824. The molecule has 3 rings (SSSR count). The Kier molecular flexibility index (Phi) is 3.58. The molecule has 1 aliphatic carbocycles. The third-order valence-electron chi connectivity index (χ3n) is 3.45. The second kappa shape index (κ2) is 5.69. The molecule has 0 saturated heterocycles. The van der Waals surface area contributed by atoms with Crippen LogP contribution in [0.3, 0.4) is 0 Å². The van der Waals surface area contributed by atoms with E-state index < -0.39 is 0 Å². The molecule has 1 aromatic carbocycles. The van der Waals surface area contributed by atoms with Gasteiger partial charge in [0.25, 0.3) is 0 Å². The van der Waals surface area contributed by atoms with E-state index in [2.05, 4.69) is 33.2 Å². The summed E-state index contributed by atoms with van der Waals surface area (Å²) in [5, 5.41) is 10.4. The van der Waals surface area contributed by atoms with Crippen molar-refractivity contribution in [1.82, 2.24) is 15.6 Å². The summed E-state index contributed by atoms with van der Waals surface area (Å²) in [7, 11) is 0. The van der Waals surface area contributed by atoms with Gasteiger partial charge in [-0.2, -0.15) is 5.10 Å². The first-order chi connectivity index (χ1) is 9.43. The SMILES string of the molecule is C1=C(NNc2nncc3ccccc23)CCCCC1. The third kappa shape index (κ3) is 2.84. The summed E-state index contributed by atoms with van der Waals surface area (Å²) in [5.41, 5.74) is 7.73. The highest BCUT2D eigenvalue weighted by molar-refractivity contribution is 5.90. The van der Waals surface area contributed by atoms with Gasteiger partial charge < -0.3 is 5.43 Å². The lowest BCUT2D eigenvalue weighted by Crippen LogP contribution is -2.22. The minimum Gasteiger partial charge on any atom is -0.304 e. The predicted octanol–water partition coefficient (Wildman–Crippen LogP) is 3.39. The third-order valence-corrected chi connectivity index (χ3v) is 3.45. The van der Waals surface area contributed by atoms with E-state index in [1.54, 1.807) is 6.20 Å². The van der Waals surface area contributed by atoms with E-state index in [-0.39, 0.29) is 0 Å². The number of anilines is 1. The first kappa shape index (κ1) is 12.0. The molecule has 0 amide bonds. The van der Waals surface area contributed by atoms with Crippen molar-refractivity contribution < 1.29 is 0 Å². The summed E-state index contributed by atoms with van der Waals surface area (Å²) in [6.45, 7) is 0. The van der Waals surface area contributed by atoms with Gasteiger partial charge in [-0.1, -0.05) is 36.8 Å². The summed E-state index contributed by atoms with van der Waals surface area (Å²) >= 11 is 0. The van der Waals surface area contributed by atoms with Crippen molar-refractivity contribution in [3.05, 3.63) is 42.2 Å². The molecule has 19 heavy (non-hydrogen) atoms. The Labute approximate surface area is 112 Å². The van der Waals surface area contributed by atoms with Crippen molar-refractivity contribution in [3.63, 3.8) is 0 Å². The van der Waals surface area contributed by atoms with Crippen LogP contribution in [0.25, 0.3) is 10.8 Å². The predicted molar refractivity (Wildman–Crippen MR) is 77.5 cm³/mol. The molecule has 2 N–H and O–H groups in total. The Balaban J connectivity index is 1.76. The molecule has 98 valence electrons. The molecule has 0 saturated carbocycles. The molecule has 0 unspecified atom stereocenters. The highest BCUT2D eigenvalue weighted by Crippen LogP contribution is 2.19. The number of nitrogens with zero attached hydrogens (tertiary/aromatic N) is 2. The van der Waals surface area contributed by atoms with Crippen LogP contribution in [0.2, 0.25) is 0 Å². The second-order valence-electron chi connectivity index (χ2n) is 4.86. The van der Waals surface area contributed by atoms with Gasteiger partial charge in [0.05, 0.1) is 6.20 Å². The Morgan fingerprint density at radius 2 is 1.95 bits per heavy atom. The van der Waals surface area contributed by atoms with Crippen molar-refractivity contribution in [2.24, 2.45) is 0 Å². The standard InChI is InChI=1S/C15H18N4/c1-2-4-9-13(8-3-1)17-19-15-14-10-6-5-7-12(14)11-16-18-15/h5-8,10-11,17H,1-4,9H2,(H,18,19). The van der Waals surface area contributed by atoms with Crippen LogP contribution < -0.4 is 10.9 Å². The zero-order valence-electron chi connectivity index (χ0n) is 10.9. The van der Waals surface area contributed by atoms with Gasteiger partial charge in [-0.05, 0) is 25.7 Å². The Morgan fingerprint density at radius 1 is 1.00 bits per heavy atom. The van der Waals surface area contributed by atoms with Crippen LogP contribution in [0.5, 0.6) is 0 Å². The minimum atomic E-state index is 0.781. The average molecular weight is 254 g/mol. The van der Waals surface area contributed by atoms with E-state index in [1.165, 1.54) is 25.0 Å². The molecule has 0 atom stereocenters. The normalized spacial score (nSPS) is 15.7. The number of hydrazine groups is 1. The van der Waals surface area contributed by atoms with Crippen LogP contribution in [0.15, 0.2) is 42.2 Å². The Hall–Kier alpha value is -2.10. The van der Waals surface area contributed by atoms with E-state index >= 15 is 0 Å². The summed E-state index contributed by atoms with van der Waals surface area (Å²) < 4.78 is 0. The first-order valence-electron chi connectivity index (χ1n) is 6.85. The van der Waals surface area contributed by atoms with Gasteiger partial charge >= 0.3 is 0 Å². The van der Waals surface area contributed by atoms with Crippen LogP contribution in [0.4, 0.5) is 5.82 Å². The minimum absolute atomic E-state index is 0.781. The van der Waals surface area contributed by atoms with E-state index in [9.17, 15) is 0 Å². The zero-order valence-corrected chi connectivity index (χ0v) is 10.9. The smallest absolute Gasteiger partial charge is 0.174 e. The molecule has 0 aliphatic heterocycles. The summed E-state index contributed by atoms with van der Waals surface area (Å²) in [5.74, 6) is 0.781. The lowest BCUT2D eigenvalue weighted by atomic mass is 10.2. The molecule has 0 radical (unpaired) electrons. The number of fused-ring (bicyclic) bond motifs is 1. The van der Waals surface area contributed by atoms with Crippen molar-refractivity contribution in [3.8, 4) is 0 Å². The summed E-state index contributed by atoms with van der Waals surface area (Å²) in [4.78, 5) is 0. The first-order valence-corrected chi connectivity index (χ1v) is 6.85.